The Balaban J connectivity index is 1.39. The van der Waals surface area contributed by atoms with Gasteiger partial charge >= 0.3 is 5.97 Å². The highest BCUT2D eigenvalue weighted by molar-refractivity contribution is 7.15. The molecule has 0 fully saturated rings. The zero-order valence-electron chi connectivity index (χ0n) is 24.6. The molecule has 1 amide bonds. The lowest BCUT2D eigenvalue weighted by Crippen LogP contribution is -2.28. The smallest absolute Gasteiger partial charge is 0.340 e. The maximum absolute atomic E-state index is 13.6. The van der Waals surface area contributed by atoms with E-state index in [-0.39, 0.29) is 24.8 Å². The molecule has 5 rings (SSSR count). The van der Waals surface area contributed by atoms with E-state index in [0.29, 0.717) is 43.7 Å². The number of carbonyl (C=O) groups is 3. The van der Waals surface area contributed by atoms with Gasteiger partial charge in [-0.05, 0) is 58.4 Å². The van der Waals surface area contributed by atoms with Gasteiger partial charge in [0, 0.05) is 27.5 Å². The number of nitrogens with one attached hydrogen (secondary N) is 1. The Hall–Kier alpha value is -4.28. The summed E-state index contributed by atoms with van der Waals surface area (Å²) >= 11 is 7.84. The number of fused-ring (bicyclic) bond motifs is 1. The normalized spacial score (nSPS) is 11.6. The van der Waals surface area contributed by atoms with Gasteiger partial charge in [0.05, 0.1) is 22.7 Å². The zero-order chi connectivity index (χ0) is 30.9. The molecular weight excluding hydrogens is 586 g/mol. The zero-order valence-corrected chi connectivity index (χ0v) is 26.2. The lowest BCUT2D eigenvalue weighted by Gasteiger charge is -2.19. The summed E-state index contributed by atoms with van der Waals surface area (Å²) in [4.78, 5) is 40.7. The van der Waals surface area contributed by atoms with Crippen molar-refractivity contribution in [3.8, 4) is 5.00 Å². The van der Waals surface area contributed by atoms with Gasteiger partial charge < -0.3 is 14.6 Å². The van der Waals surface area contributed by atoms with Crippen molar-refractivity contribution in [2.75, 3.05) is 0 Å². The molecule has 5 aromatic rings. The van der Waals surface area contributed by atoms with Crippen LogP contribution in [-0.2, 0) is 29.0 Å². The fourth-order valence-corrected chi connectivity index (χ4v) is 6.15. The SMILES string of the molecule is CCc1cc(C(=O)c2ccccc2Cl)c(-n2c(C)nnc2CNC(=O)Cn2cc(C(=O)OC(C)(C)C)c3ccccc32)s1. The van der Waals surface area contributed by atoms with Crippen LogP contribution in [0.2, 0.25) is 5.02 Å². The van der Waals surface area contributed by atoms with Crippen molar-refractivity contribution in [2.24, 2.45) is 0 Å². The maximum Gasteiger partial charge on any atom is 0.340 e. The molecule has 222 valence electrons. The Kier molecular flexibility index (Phi) is 8.52. The van der Waals surface area contributed by atoms with E-state index in [2.05, 4.69) is 15.5 Å². The first kappa shape index (κ1) is 30.2. The fourth-order valence-electron chi connectivity index (χ4n) is 4.77. The molecule has 3 heterocycles. The highest BCUT2D eigenvalue weighted by atomic mass is 35.5. The summed E-state index contributed by atoms with van der Waals surface area (Å²) in [5.41, 5.74) is 1.40. The number of ketones is 1. The van der Waals surface area contributed by atoms with E-state index in [4.69, 9.17) is 16.3 Å². The van der Waals surface area contributed by atoms with Crippen LogP contribution in [0.4, 0.5) is 0 Å². The molecule has 11 heteroatoms. The van der Waals surface area contributed by atoms with Crippen LogP contribution in [0.5, 0.6) is 0 Å². The molecular formula is C32H32ClN5O4S. The number of esters is 1. The van der Waals surface area contributed by atoms with Crippen LogP contribution in [0, 0.1) is 6.92 Å². The molecule has 0 saturated heterocycles. The predicted molar refractivity (Wildman–Crippen MR) is 167 cm³/mol. The third-order valence-electron chi connectivity index (χ3n) is 6.74. The number of amides is 1. The molecule has 43 heavy (non-hydrogen) atoms. The molecule has 0 aliphatic carbocycles. The largest absolute Gasteiger partial charge is 0.456 e. The first-order valence-electron chi connectivity index (χ1n) is 13.9. The maximum atomic E-state index is 13.6. The minimum atomic E-state index is -0.649. The third-order valence-corrected chi connectivity index (χ3v) is 8.33. The van der Waals surface area contributed by atoms with Crippen LogP contribution in [0.15, 0.2) is 60.8 Å². The number of halogens is 1. The fraction of sp³-hybridized carbons (Fsp3) is 0.281. The number of hydrogen-bond acceptors (Lipinski definition) is 7. The molecule has 3 aromatic heterocycles. The summed E-state index contributed by atoms with van der Waals surface area (Å²) in [6.45, 7) is 9.32. The van der Waals surface area contributed by atoms with Crippen molar-refractivity contribution in [3.05, 3.63) is 99.0 Å². The molecule has 1 N–H and O–H groups in total. The number of para-hydroxylation sites is 1. The predicted octanol–water partition coefficient (Wildman–Crippen LogP) is 6.31. The van der Waals surface area contributed by atoms with Crippen LogP contribution in [-0.4, -0.2) is 42.6 Å². The van der Waals surface area contributed by atoms with Crippen molar-refractivity contribution in [2.45, 2.75) is 59.7 Å². The molecule has 0 bridgehead atoms. The number of carbonyl (C=O) groups excluding carboxylic acids is 3. The minimum Gasteiger partial charge on any atom is -0.456 e. The first-order chi connectivity index (χ1) is 20.5. The minimum absolute atomic E-state index is 0.0222. The quantitative estimate of drug-likeness (QED) is 0.153. The molecule has 0 aliphatic rings. The standard InChI is InChI=1S/C32H32ClN5O4S/c1-6-20-15-23(29(40)22-12-7-9-13-25(22)33)30(43-20)38-19(2)35-36-27(38)16-34-28(39)18-37-17-24(31(41)42-32(3,4)5)21-11-8-10-14-26(21)37/h7-15,17H,6,16,18H2,1-5H3,(H,34,39). The molecule has 0 radical (unpaired) electrons. The second-order valence-electron chi connectivity index (χ2n) is 11.1. The van der Waals surface area contributed by atoms with E-state index in [9.17, 15) is 14.4 Å². The Morgan fingerprint density at radius 3 is 2.44 bits per heavy atom. The highest BCUT2D eigenvalue weighted by Crippen LogP contribution is 2.32. The first-order valence-corrected chi connectivity index (χ1v) is 15.1. The van der Waals surface area contributed by atoms with Crippen LogP contribution in [0.3, 0.4) is 0 Å². The average Bonchev–Trinajstić information content (AvgIpc) is 3.66. The van der Waals surface area contributed by atoms with Crippen molar-refractivity contribution < 1.29 is 19.1 Å². The van der Waals surface area contributed by atoms with Crippen molar-refractivity contribution >= 4 is 51.5 Å². The summed E-state index contributed by atoms with van der Waals surface area (Å²) in [5, 5.41) is 13.2. The second-order valence-corrected chi connectivity index (χ2v) is 12.6. The summed E-state index contributed by atoms with van der Waals surface area (Å²) in [6.07, 6.45) is 2.40. The van der Waals surface area contributed by atoms with E-state index in [1.54, 1.807) is 46.5 Å². The summed E-state index contributed by atoms with van der Waals surface area (Å²) < 4.78 is 9.12. The number of thiophene rings is 1. The van der Waals surface area contributed by atoms with Crippen molar-refractivity contribution in [1.29, 1.82) is 0 Å². The van der Waals surface area contributed by atoms with Crippen LogP contribution in [0.1, 0.15) is 70.5 Å². The molecule has 0 atom stereocenters. The molecule has 0 aliphatic heterocycles. The Labute approximate surface area is 258 Å². The van der Waals surface area contributed by atoms with Gasteiger partial charge in [-0.2, -0.15) is 0 Å². The Morgan fingerprint density at radius 1 is 1.00 bits per heavy atom. The number of ether oxygens (including phenoxy) is 1. The lowest BCUT2D eigenvalue weighted by atomic mass is 10.0. The van der Waals surface area contributed by atoms with Gasteiger partial charge in [0.15, 0.2) is 11.6 Å². The highest BCUT2D eigenvalue weighted by Gasteiger charge is 2.25. The molecule has 0 unspecified atom stereocenters. The van der Waals surface area contributed by atoms with Gasteiger partial charge in [0.1, 0.15) is 23.0 Å². The Bertz CT molecular complexity index is 1850. The third kappa shape index (κ3) is 6.40. The summed E-state index contributed by atoms with van der Waals surface area (Å²) in [6, 6.07) is 16.2. The molecule has 2 aromatic carbocycles. The number of nitrogens with zero attached hydrogens (tertiary/aromatic N) is 4. The van der Waals surface area contributed by atoms with Gasteiger partial charge in [0.25, 0.3) is 0 Å². The lowest BCUT2D eigenvalue weighted by molar-refractivity contribution is -0.121. The van der Waals surface area contributed by atoms with E-state index in [1.165, 1.54) is 11.3 Å². The van der Waals surface area contributed by atoms with Gasteiger partial charge in [-0.3, -0.25) is 14.2 Å². The molecule has 0 spiro atoms. The van der Waals surface area contributed by atoms with Crippen LogP contribution >= 0.6 is 22.9 Å². The van der Waals surface area contributed by atoms with Crippen molar-refractivity contribution in [1.82, 2.24) is 24.6 Å². The van der Waals surface area contributed by atoms with E-state index in [0.717, 1.165) is 16.8 Å². The number of aromatic nitrogens is 4. The topological polar surface area (TPSA) is 108 Å². The van der Waals surface area contributed by atoms with Gasteiger partial charge in [-0.25, -0.2) is 4.79 Å². The molecule has 9 nitrogen and oxygen atoms in total. The van der Waals surface area contributed by atoms with Crippen LogP contribution in [0.25, 0.3) is 15.9 Å². The second kappa shape index (κ2) is 12.1. The van der Waals surface area contributed by atoms with E-state index in [1.807, 2.05) is 58.0 Å². The number of rotatable bonds is 9. The van der Waals surface area contributed by atoms with Gasteiger partial charge in [0.2, 0.25) is 5.91 Å². The summed E-state index contributed by atoms with van der Waals surface area (Å²) in [5.74, 6) is 0.142. The van der Waals surface area contributed by atoms with E-state index >= 15 is 0 Å². The number of hydrogen-bond donors (Lipinski definition) is 1. The molecule has 0 saturated carbocycles. The average molecular weight is 618 g/mol. The monoisotopic (exact) mass is 617 g/mol. The van der Waals surface area contributed by atoms with Crippen molar-refractivity contribution in [3.63, 3.8) is 0 Å². The summed E-state index contributed by atoms with van der Waals surface area (Å²) in [7, 11) is 0. The van der Waals surface area contributed by atoms with Gasteiger partial charge in [-0.15, -0.1) is 21.5 Å². The number of aryl methyl sites for hydroxylation is 2. The van der Waals surface area contributed by atoms with Crippen LogP contribution < -0.4 is 5.32 Å². The van der Waals surface area contributed by atoms with E-state index < -0.39 is 11.6 Å². The Morgan fingerprint density at radius 2 is 1.72 bits per heavy atom. The number of benzene rings is 2. The van der Waals surface area contributed by atoms with Gasteiger partial charge in [-0.1, -0.05) is 48.9 Å².